The average Bonchev–Trinajstić information content (AvgIpc) is 3.57. The third-order valence-electron chi connectivity index (χ3n) is 8.18. The van der Waals surface area contributed by atoms with Gasteiger partial charge in [-0.05, 0) is 54.0 Å². The normalized spacial score (nSPS) is 17.3. The first-order chi connectivity index (χ1) is 18.4. The molecule has 6 heteroatoms. The number of esters is 1. The molecule has 1 aliphatic rings. The van der Waals surface area contributed by atoms with Crippen molar-refractivity contribution in [3.63, 3.8) is 0 Å². The Kier molecular flexibility index (Phi) is 7.14. The van der Waals surface area contributed by atoms with Crippen molar-refractivity contribution in [3.8, 4) is 0 Å². The van der Waals surface area contributed by atoms with Crippen LogP contribution in [0, 0.1) is 12.8 Å². The molecule has 1 aromatic heterocycles. The molecule has 0 bridgehead atoms. The predicted octanol–water partition coefficient (Wildman–Crippen LogP) is 4.73. The highest BCUT2D eigenvalue weighted by atomic mass is 16.5. The molecule has 0 spiro atoms. The van der Waals surface area contributed by atoms with Gasteiger partial charge in [-0.15, -0.1) is 0 Å². The van der Waals surface area contributed by atoms with Gasteiger partial charge in [-0.3, -0.25) is 4.79 Å². The molecule has 38 heavy (non-hydrogen) atoms. The van der Waals surface area contributed by atoms with Crippen molar-refractivity contribution < 1.29 is 18.9 Å². The summed E-state index contributed by atoms with van der Waals surface area (Å²) in [7, 11) is 1.39. The molecule has 0 aliphatic heterocycles. The summed E-state index contributed by atoms with van der Waals surface area (Å²) in [4.78, 5) is 25.1. The molecule has 2 atom stereocenters. The van der Waals surface area contributed by atoms with E-state index >= 15 is 0 Å². The van der Waals surface area contributed by atoms with Gasteiger partial charge >= 0.3 is 5.97 Å². The zero-order valence-corrected chi connectivity index (χ0v) is 21.9. The van der Waals surface area contributed by atoms with E-state index in [1.165, 1.54) is 7.11 Å². The first-order valence-corrected chi connectivity index (χ1v) is 13.1. The van der Waals surface area contributed by atoms with Crippen LogP contribution in [-0.4, -0.2) is 23.6 Å². The lowest BCUT2D eigenvalue weighted by Gasteiger charge is -2.37. The minimum Gasteiger partial charge on any atom is -0.465 e. The van der Waals surface area contributed by atoms with E-state index in [4.69, 9.17) is 10.5 Å². The molecule has 6 nitrogen and oxygen atoms in total. The number of rotatable bonds is 8. The van der Waals surface area contributed by atoms with Crippen LogP contribution in [0.5, 0.6) is 0 Å². The molecule has 4 aromatic rings. The topological polar surface area (TPSA) is 78.2 Å². The second-order valence-corrected chi connectivity index (χ2v) is 10.1. The van der Waals surface area contributed by atoms with Crippen LogP contribution in [0.15, 0.2) is 97.3 Å². The number of benzene rings is 3. The Balaban J connectivity index is 1.42. The van der Waals surface area contributed by atoms with Crippen LogP contribution < -0.4 is 10.3 Å². The number of primary amides is 1. The Morgan fingerprint density at radius 3 is 2.11 bits per heavy atom. The lowest BCUT2D eigenvalue weighted by Crippen LogP contribution is -2.47. The monoisotopic (exact) mass is 508 g/mol. The van der Waals surface area contributed by atoms with Crippen molar-refractivity contribution in [1.29, 1.82) is 0 Å². The third kappa shape index (κ3) is 4.51. The van der Waals surface area contributed by atoms with E-state index in [0.717, 1.165) is 41.8 Å². The summed E-state index contributed by atoms with van der Waals surface area (Å²) in [5.74, 6) is 0.600. The molecule has 1 fully saturated rings. The Bertz CT molecular complexity index is 1370. The molecule has 1 aliphatic carbocycles. The molecule has 5 rings (SSSR count). The van der Waals surface area contributed by atoms with Gasteiger partial charge in [0.05, 0.1) is 12.7 Å². The van der Waals surface area contributed by atoms with E-state index in [9.17, 15) is 9.59 Å². The van der Waals surface area contributed by atoms with Crippen LogP contribution in [0.3, 0.4) is 0 Å². The maximum atomic E-state index is 13.4. The summed E-state index contributed by atoms with van der Waals surface area (Å²) in [5.41, 5.74) is 8.96. The van der Waals surface area contributed by atoms with Gasteiger partial charge in [0.25, 0.3) is 5.82 Å². The van der Waals surface area contributed by atoms with Crippen molar-refractivity contribution in [1.82, 2.24) is 4.57 Å². The number of hydrogen-bond donors (Lipinski definition) is 1. The number of ether oxygens (including phenoxy) is 1. The largest absolute Gasteiger partial charge is 0.465 e. The van der Waals surface area contributed by atoms with Gasteiger partial charge in [0.15, 0.2) is 0 Å². The quantitative estimate of drug-likeness (QED) is 0.276. The molecule has 2 N–H and O–H groups in total. The fraction of sp³-hybridized carbons (Fsp3) is 0.281. The van der Waals surface area contributed by atoms with Gasteiger partial charge in [0.1, 0.15) is 30.4 Å². The zero-order valence-electron chi connectivity index (χ0n) is 21.9. The van der Waals surface area contributed by atoms with E-state index in [1.54, 1.807) is 12.1 Å². The first-order valence-electron chi connectivity index (χ1n) is 13.1. The molecule has 0 saturated heterocycles. The van der Waals surface area contributed by atoms with Crippen LogP contribution >= 0.6 is 0 Å². The number of carbonyl (C=O) groups excluding carboxylic acids is 2. The van der Waals surface area contributed by atoms with E-state index in [1.807, 2.05) is 72.8 Å². The van der Waals surface area contributed by atoms with Crippen molar-refractivity contribution in [2.45, 2.75) is 44.2 Å². The molecule has 1 amide bonds. The summed E-state index contributed by atoms with van der Waals surface area (Å²) in [6, 6.07) is 27.8. The van der Waals surface area contributed by atoms with E-state index in [2.05, 4.69) is 28.5 Å². The molecule has 0 radical (unpaired) electrons. The SMILES string of the molecule is COC(=O)c1ccc(C[n+]2ccn(C3CCC(C(C(N)=O)(c4ccccc4)c4ccccc4)C3)c2C)cc1. The van der Waals surface area contributed by atoms with Crippen LogP contribution in [0.4, 0.5) is 0 Å². The van der Waals surface area contributed by atoms with E-state index in [0.29, 0.717) is 12.1 Å². The molecule has 2 unspecified atom stereocenters. The van der Waals surface area contributed by atoms with E-state index < -0.39 is 5.41 Å². The number of carbonyl (C=O) groups is 2. The van der Waals surface area contributed by atoms with Gasteiger partial charge in [-0.1, -0.05) is 72.8 Å². The highest BCUT2D eigenvalue weighted by Gasteiger charge is 2.51. The average molecular weight is 509 g/mol. The van der Waals surface area contributed by atoms with Gasteiger partial charge in [0, 0.05) is 6.92 Å². The number of hydrogen-bond acceptors (Lipinski definition) is 3. The summed E-state index contributed by atoms with van der Waals surface area (Å²) in [5, 5.41) is 0. The summed E-state index contributed by atoms with van der Waals surface area (Å²) < 4.78 is 9.36. The number of imidazole rings is 1. The third-order valence-corrected chi connectivity index (χ3v) is 8.18. The van der Waals surface area contributed by atoms with Crippen molar-refractivity contribution in [3.05, 3.63) is 125 Å². The summed E-state index contributed by atoms with van der Waals surface area (Å²) in [6.07, 6.45) is 6.98. The standard InChI is InChI=1S/C32H33N3O3/c1-23-34(22-24-13-15-25(16-14-24)30(36)38-2)19-20-35(23)29-18-17-28(21-29)32(31(33)37,26-9-5-3-6-10-26)27-11-7-4-8-12-27/h3-16,19-20,28-29H,17-18,21-22H2,1-2H3,(H-,33,37)/p+1. The van der Waals surface area contributed by atoms with Crippen LogP contribution in [0.25, 0.3) is 0 Å². The summed E-state index contributed by atoms with van der Waals surface area (Å²) >= 11 is 0. The highest BCUT2D eigenvalue weighted by Crippen LogP contribution is 2.49. The molecule has 1 saturated carbocycles. The predicted molar refractivity (Wildman–Crippen MR) is 145 cm³/mol. The van der Waals surface area contributed by atoms with Crippen LogP contribution in [0.1, 0.15) is 58.2 Å². The Labute approximate surface area is 223 Å². The Morgan fingerprint density at radius 1 is 0.947 bits per heavy atom. The minimum atomic E-state index is -0.879. The zero-order chi connectivity index (χ0) is 26.7. The molecular weight excluding hydrogens is 474 g/mol. The molecule has 1 heterocycles. The fourth-order valence-corrected chi connectivity index (χ4v) is 6.26. The smallest absolute Gasteiger partial charge is 0.337 e. The van der Waals surface area contributed by atoms with Crippen molar-refractivity contribution in [2.24, 2.45) is 11.7 Å². The number of nitrogens with zero attached hydrogens (tertiary/aromatic N) is 2. The minimum absolute atomic E-state index is 0.0796. The van der Waals surface area contributed by atoms with Crippen LogP contribution in [0.2, 0.25) is 0 Å². The van der Waals surface area contributed by atoms with Crippen LogP contribution in [-0.2, 0) is 21.5 Å². The Hall–Kier alpha value is -4.19. The second-order valence-electron chi connectivity index (χ2n) is 10.1. The first kappa shape index (κ1) is 25.5. The number of aromatic nitrogens is 2. The molecule has 3 aromatic carbocycles. The Morgan fingerprint density at radius 2 is 1.55 bits per heavy atom. The highest BCUT2D eigenvalue weighted by molar-refractivity contribution is 5.91. The van der Waals surface area contributed by atoms with Gasteiger partial charge in [-0.25, -0.2) is 13.9 Å². The summed E-state index contributed by atoms with van der Waals surface area (Å²) in [6.45, 7) is 2.83. The van der Waals surface area contributed by atoms with Gasteiger partial charge in [-0.2, -0.15) is 0 Å². The maximum Gasteiger partial charge on any atom is 0.337 e. The number of methoxy groups -OCH3 is 1. The van der Waals surface area contributed by atoms with E-state index in [-0.39, 0.29) is 23.8 Å². The van der Waals surface area contributed by atoms with Crippen molar-refractivity contribution >= 4 is 11.9 Å². The van der Waals surface area contributed by atoms with Crippen molar-refractivity contribution in [2.75, 3.05) is 7.11 Å². The number of amides is 1. The maximum absolute atomic E-state index is 13.4. The number of nitrogens with two attached hydrogens (primary N) is 1. The van der Waals surface area contributed by atoms with Gasteiger partial charge in [0.2, 0.25) is 5.91 Å². The fourth-order valence-electron chi connectivity index (χ4n) is 6.26. The molecular formula is C32H34N3O3+. The van der Waals surface area contributed by atoms with Gasteiger partial charge < -0.3 is 10.5 Å². The lowest BCUT2D eigenvalue weighted by atomic mass is 9.64. The molecule has 194 valence electrons. The lowest BCUT2D eigenvalue weighted by molar-refractivity contribution is -0.694. The second kappa shape index (κ2) is 10.7.